The molecular formula is C14H24N2O2. The molecular weight excluding hydrogens is 228 g/mol. The number of carbonyl (C=O) groups excluding carboxylic acids is 1. The van der Waals surface area contributed by atoms with Gasteiger partial charge in [-0.2, -0.15) is 0 Å². The first kappa shape index (κ1) is 14.9. The van der Waals surface area contributed by atoms with Gasteiger partial charge < -0.3 is 15.3 Å². The molecule has 0 spiro atoms. The molecule has 1 fully saturated rings. The van der Waals surface area contributed by atoms with E-state index >= 15 is 0 Å². The Hall–Kier alpha value is -1.16. The largest absolute Gasteiger partial charge is 0.451 e. The first-order valence-corrected chi connectivity index (χ1v) is 6.67. The average molecular weight is 252 g/mol. The summed E-state index contributed by atoms with van der Waals surface area (Å²) in [5.74, 6) is 0.388. The van der Waals surface area contributed by atoms with Crippen LogP contribution >= 0.6 is 0 Å². The highest BCUT2D eigenvalue weighted by Crippen LogP contribution is 2.45. The Morgan fingerprint density at radius 1 is 1.61 bits per heavy atom. The van der Waals surface area contributed by atoms with Gasteiger partial charge in [-0.3, -0.25) is 5.41 Å². The number of hydrogen-bond acceptors (Lipinski definition) is 4. The molecule has 0 aromatic heterocycles. The second-order valence-corrected chi connectivity index (χ2v) is 5.02. The lowest BCUT2D eigenvalue weighted by Crippen LogP contribution is -2.47. The summed E-state index contributed by atoms with van der Waals surface area (Å²) in [5, 5.41) is 8.02. The van der Waals surface area contributed by atoms with E-state index in [4.69, 9.17) is 15.9 Å². The Labute approximate surface area is 109 Å². The summed E-state index contributed by atoms with van der Waals surface area (Å²) in [6.45, 7) is 4.27. The van der Waals surface area contributed by atoms with Crippen LogP contribution in [0.25, 0.3) is 0 Å². The second-order valence-electron chi connectivity index (χ2n) is 5.02. The highest BCUT2D eigenvalue weighted by atomic mass is 16.5. The van der Waals surface area contributed by atoms with Crippen LogP contribution in [0, 0.1) is 22.7 Å². The number of nitrogens with two attached hydrogens (primary N) is 1. The van der Waals surface area contributed by atoms with Crippen molar-refractivity contribution in [3.8, 4) is 0 Å². The van der Waals surface area contributed by atoms with Crippen molar-refractivity contribution in [1.29, 1.82) is 5.41 Å². The van der Waals surface area contributed by atoms with Crippen molar-refractivity contribution < 1.29 is 9.53 Å². The molecule has 3 N–H and O–H groups in total. The Balaban J connectivity index is 2.90. The van der Waals surface area contributed by atoms with E-state index in [1.807, 2.05) is 6.92 Å². The summed E-state index contributed by atoms with van der Waals surface area (Å²) >= 11 is 0. The van der Waals surface area contributed by atoms with Gasteiger partial charge in [0.1, 0.15) is 6.29 Å². The molecule has 18 heavy (non-hydrogen) atoms. The molecule has 0 bridgehead atoms. The molecule has 1 saturated carbocycles. The maximum Gasteiger partial charge on any atom is 0.189 e. The van der Waals surface area contributed by atoms with Crippen LogP contribution in [0.1, 0.15) is 39.5 Å². The summed E-state index contributed by atoms with van der Waals surface area (Å²) in [5.41, 5.74) is 5.35. The summed E-state index contributed by atoms with van der Waals surface area (Å²) in [6.07, 6.45) is 7.81. The van der Waals surface area contributed by atoms with E-state index in [2.05, 4.69) is 6.92 Å². The van der Waals surface area contributed by atoms with Gasteiger partial charge in [-0.05, 0) is 25.7 Å². The first-order chi connectivity index (χ1) is 8.65. The number of nitrogens with one attached hydrogen (secondary N) is 1. The zero-order valence-corrected chi connectivity index (χ0v) is 11.3. The molecule has 1 aliphatic rings. The molecule has 0 saturated heterocycles. The van der Waals surface area contributed by atoms with Gasteiger partial charge in [-0.1, -0.05) is 25.8 Å². The van der Waals surface area contributed by atoms with Crippen molar-refractivity contribution in [2.45, 2.75) is 39.5 Å². The van der Waals surface area contributed by atoms with Crippen LogP contribution in [0.4, 0.5) is 0 Å². The minimum atomic E-state index is -0.469. The molecule has 0 heterocycles. The molecule has 3 atom stereocenters. The van der Waals surface area contributed by atoms with Gasteiger partial charge in [0.2, 0.25) is 0 Å². The van der Waals surface area contributed by atoms with Crippen molar-refractivity contribution >= 4 is 12.2 Å². The molecule has 1 rings (SSSR count). The van der Waals surface area contributed by atoms with Crippen LogP contribution in [0.15, 0.2) is 12.3 Å². The molecule has 0 aliphatic heterocycles. The highest BCUT2D eigenvalue weighted by Gasteiger charge is 2.45. The third-order valence-electron chi connectivity index (χ3n) is 4.10. The molecule has 4 nitrogen and oxygen atoms in total. The summed E-state index contributed by atoms with van der Waals surface area (Å²) in [6, 6.07) is 0. The van der Waals surface area contributed by atoms with Crippen LogP contribution in [-0.4, -0.2) is 18.7 Å². The monoisotopic (exact) mass is 252 g/mol. The van der Waals surface area contributed by atoms with Crippen molar-refractivity contribution in [2.24, 2.45) is 23.0 Å². The SMILES string of the molecule is C/C=C\OC(=N)C1CCCC(C=O)(CN)C1CC. The lowest BCUT2D eigenvalue weighted by molar-refractivity contribution is -0.121. The Morgan fingerprint density at radius 3 is 2.83 bits per heavy atom. The molecule has 0 aromatic carbocycles. The third kappa shape index (κ3) is 2.80. The van der Waals surface area contributed by atoms with Gasteiger partial charge in [0.15, 0.2) is 5.90 Å². The maximum absolute atomic E-state index is 11.5. The summed E-state index contributed by atoms with van der Waals surface area (Å²) in [4.78, 5) is 11.5. The topological polar surface area (TPSA) is 76.2 Å². The van der Waals surface area contributed by atoms with Crippen LogP contribution in [0.3, 0.4) is 0 Å². The van der Waals surface area contributed by atoms with Crippen LogP contribution < -0.4 is 5.73 Å². The van der Waals surface area contributed by atoms with Gasteiger partial charge in [-0.15, -0.1) is 0 Å². The fourth-order valence-electron chi connectivity index (χ4n) is 3.12. The van der Waals surface area contributed by atoms with Crippen LogP contribution in [0.2, 0.25) is 0 Å². The van der Waals surface area contributed by atoms with Crippen molar-refractivity contribution in [3.05, 3.63) is 12.3 Å². The Morgan fingerprint density at radius 2 is 2.33 bits per heavy atom. The number of carbonyl (C=O) groups is 1. The quantitative estimate of drug-likeness (QED) is 0.341. The molecule has 4 heteroatoms. The maximum atomic E-state index is 11.5. The highest BCUT2D eigenvalue weighted by molar-refractivity contribution is 5.78. The molecule has 3 unspecified atom stereocenters. The molecule has 0 amide bonds. The number of allylic oxidation sites excluding steroid dienone is 1. The van der Waals surface area contributed by atoms with E-state index in [1.165, 1.54) is 6.26 Å². The lowest BCUT2D eigenvalue weighted by Gasteiger charge is -2.43. The predicted molar refractivity (Wildman–Crippen MR) is 72.3 cm³/mol. The molecule has 102 valence electrons. The Bertz CT molecular complexity index is 328. The smallest absolute Gasteiger partial charge is 0.189 e. The molecule has 0 radical (unpaired) electrons. The lowest BCUT2D eigenvalue weighted by atomic mass is 9.61. The minimum Gasteiger partial charge on any atom is -0.451 e. The fourth-order valence-corrected chi connectivity index (χ4v) is 3.12. The second kappa shape index (κ2) is 6.69. The van der Waals surface area contributed by atoms with Crippen molar-refractivity contribution in [2.75, 3.05) is 6.54 Å². The van der Waals surface area contributed by atoms with Crippen molar-refractivity contribution in [3.63, 3.8) is 0 Å². The number of aldehydes is 1. The van der Waals surface area contributed by atoms with E-state index in [9.17, 15) is 4.79 Å². The number of rotatable bonds is 5. The van der Waals surface area contributed by atoms with Crippen LogP contribution in [0.5, 0.6) is 0 Å². The third-order valence-corrected chi connectivity index (χ3v) is 4.10. The summed E-state index contributed by atoms with van der Waals surface area (Å²) in [7, 11) is 0. The predicted octanol–water partition coefficient (Wildman–Crippen LogP) is 2.48. The van der Waals surface area contributed by atoms with E-state index in [0.29, 0.717) is 6.54 Å². The molecule has 0 aromatic rings. The standard InChI is InChI=1S/C14H24N2O2/c1-3-8-18-13(16)11-6-5-7-14(9-15,10-17)12(11)4-2/h3,8,10-12,16H,4-7,9,15H2,1-2H3/b8-3-,16-13?. The van der Waals surface area contributed by atoms with E-state index in [0.717, 1.165) is 32.0 Å². The van der Waals surface area contributed by atoms with E-state index in [1.54, 1.807) is 6.08 Å². The number of ether oxygens (including phenoxy) is 1. The minimum absolute atomic E-state index is 0.00806. The van der Waals surface area contributed by atoms with Crippen molar-refractivity contribution in [1.82, 2.24) is 0 Å². The summed E-state index contributed by atoms with van der Waals surface area (Å²) < 4.78 is 5.29. The van der Waals surface area contributed by atoms with Gasteiger partial charge in [-0.25, -0.2) is 0 Å². The average Bonchev–Trinajstić information content (AvgIpc) is 2.43. The van der Waals surface area contributed by atoms with Crippen LogP contribution in [-0.2, 0) is 9.53 Å². The Kier molecular flexibility index (Phi) is 5.54. The normalized spacial score (nSPS) is 32.4. The number of hydrogen-bond donors (Lipinski definition) is 2. The van der Waals surface area contributed by atoms with E-state index in [-0.39, 0.29) is 17.7 Å². The first-order valence-electron chi connectivity index (χ1n) is 6.67. The molecule has 1 aliphatic carbocycles. The fraction of sp³-hybridized carbons (Fsp3) is 0.714. The van der Waals surface area contributed by atoms with Gasteiger partial charge in [0.25, 0.3) is 0 Å². The van der Waals surface area contributed by atoms with Gasteiger partial charge >= 0.3 is 0 Å². The zero-order chi connectivity index (χ0) is 13.6. The van der Waals surface area contributed by atoms with E-state index < -0.39 is 5.41 Å². The van der Waals surface area contributed by atoms with Gasteiger partial charge in [0, 0.05) is 17.9 Å². The van der Waals surface area contributed by atoms with Gasteiger partial charge in [0.05, 0.1) is 6.26 Å². The zero-order valence-electron chi connectivity index (χ0n) is 11.3.